The van der Waals surface area contributed by atoms with E-state index in [4.69, 9.17) is 9.15 Å². The molecule has 1 N–H and O–H groups in total. The van der Waals surface area contributed by atoms with Gasteiger partial charge in [-0.2, -0.15) is 4.31 Å². The Kier molecular flexibility index (Phi) is 7.18. The van der Waals surface area contributed by atoms with Gasteiger partial charge in [0.25, 0.3) is 11.1 Å². The molecule has 0 atom stereocenters. The first-order chi connectivity index (χ1) is 15.9. The van der Waals surface area contributed by atoms with E-state index in [1.54, 1.807) is 42.5 Å². The average molecular weight is 489 g/mol. The molecule has 2 heterocycles. The Hall–Kier alpha value is -3.06. The number of nitrogens with one attached hydrogen (secondary N) is 1. The van der Waals surface area contributed by atoms with Crippen LogP contribution in [0.5, 0.6) is 0 Å². The van der Waals surface area contributed by atoms with Crippen molar-refractivity contribution >= 4 is 33.6 Å². The minimum atomic E-state index is -3.67. The van der Waals surface area contributed by atoms with Crippen LogP contribution in [0.15, 0.2) is 69.1 Å². The van der Waals surface area contributed by atoms with Gasteiger partial charge in [-0.1, -0.05) is 36.0 Å². The SMILES string of the molecule is O=C(CSc1nnc(-c2cccc(S(=O)(=O)N3CCOCC3)c2)o1)NC(=O)c1ccccc1. The van der Waals surface area contributed by atoms with Gasteiger partial charge in [0.05, 0.1) is 23.9 Å². The van der Waals surface area contributed by atoms with Crippen molar-refractivity contribution in [2.45, 2.75) is 10.1 Å². The third-order valence-corrected chi connectivity index (χ3v) is 7.42. The third-order valence-electron chi connectivity index (χ3n) is 4.71. The highest BCUT2D eigenvalue weighted by Crippen LogP contribution is 2.26. The largest absolute Gasteiger partial charge is 0.411 e. The Morgan fingerprint density at radius 3 is 2.55 bits per heavy atom. The Morgan fingerprint density at radius 1 is 1.03 bits per heavy atom. The highest BCUT2D eigenvalue weighted by molar-refractivity contribution is 7.99. The van der Waals surface area contributed by atoms with E-state index >= 15 is 0 Å². The Bertz CT molecular complexity index is 1240. The van der Waals surface area contributed by atoms with Crippen LogP contribution >= 0.6 is 11.8 Å². The van der Waals surface area contributed by atoms with Crippen molar-refractivity contribution < 1.29 is 27.2 Å². The number of hydrogen-bond donors (Lipinski definition) is 1. The maximum Gasteiger partial charge on any atom is 0.277 e. The summed E-state index contributed by atoms with van der Waals surface area (Å²) in [5.74, 6) is -0.985. The van der Waals surface area contributed by atoms with Crippen LogP contribution in [-0.2, 0) is 19.6 Å². The quantitative estimate of drug-likeness (QED) is 0.495. The molecule has 2 aromatic carbocycles. The Balaban J connectivity index is 1.39. The molecule has 0 aliphatic carbocycles. The van der Waals surface area contributed by atoms with Gasteiger partial charge in [-0.05, 0) is 30.3 Å². The van der Waals surface area contributed by atoms with Crippen molar-refractivity contribution in [1.82, 2.24) is 19.8 Å². The summed E-state index contributed by atoms with van der Waals surface area (Å²) in [5.41, 5.74) is 0.815. The summed E-state index contributed by atoms with van der Waals surface area (Å²) in [7, 11) is -3.67. The molecule has 1 aromatic heterocycles. The van der Waals surface area contributed by atoms with Gasteiger partial charge in [0.2, 0.25) is 21.8 Å². The number of morpholine rings is 1. The second kappa shape index (κ2) is 10.3. The number of imide groups is 1. The van der Waals surface area contributed by atoms with Crippen LogP contribution < -0.4 is 5.32 Å². The van der Waals surface area contributed by atoms with Crippen LogP contribution in [-0.4, -0.2) is 66.8 Å². The summed E-state index contributed by atoms with van der Waals surface area (Å²) in [6, 6.07) is 14.6. The molecular weight excluding hydrogens is 468 g/mol. The van der Waals surface area contributed by atoms with Gasteiger partial charge in [0.15, 0.2) is 0 Å². The van der Waals surface area contributed by atoms with E-state index in [2.05, 4.69) is 15.5 Å². The Morgan fingerprint density at radius 2 is 1.79 bits per heavy atom. The fourth-order valence-corrected chi connectivity index (χ4v) is 5.08. The molecule has 0 spiro atoms. The van der Waals surface area contributed by atoms with E-state index in [0.29, 0.717) is 37.4 Å². The molecule has 12 heteroatoms. The zero-order chi connectivity index (χ0) is 23.3. The summed E-state index contributed by atoms with van der Waals surface area (Å²) in [4.78, 5) is 24.2. The second-order valence-corrected chi connectivity index (χ2v) is 9.81. The molecule has 1 fully saturated rings. The number of aromatic nitrogens is 2. The Labute approximate surface area is 194 Å². The van der Waals surface area contributed by atoms with Crippen LogP contribution in [0.25, 0.3) is 11.5 Å². The number of thioether (sulfide) groups is 1. The lowest BCUT2D eigenvalue weighted by Gasteiger charge is -2.26. The number of amides is 2. The van der Waals surface area contributed by atoms with Crippen LogP contribution in [0, 0.1) is 0 Å². The zero-order valence-corrected chi connectivity index (χ0v) is 19.0. The number of carbonyl (C=O) groups excluding carboxylic acids is 2. The molecule has 0 radical (unpaired) electrons. The van der Waals surface area contributed by atoms with E-state index in [1.165, 1.54) is 16.4 Å². The van der Waals surface area contributed by atoms with Gasteiger partial charge < -0.3 is 9.15 Å². The lowest BCUT2D eigenvalue weighted by atomic mass is 10.2. The van der Waals surface area contributed by atoms with Crippen molar-refractivity contribution in [3.8, 4) is 11.5 Å². The second-order valence-electron chi connectivity index (χ2n) is 6.95. The molecule has 0 saturated carbocycles. The monoisotopic (exact) mass is 488 g/mol. The molecule has 4 rings (SSSR count). The number of hydrogen-bond acceptors (Lipinski definition) is 9. The summed E-state index contributed by atoms with van der Waals surface area (Å²) < 4.78 is 37.9. The molecule has 1 saturated heterocycles. The third kappa shape index (κ3) is 5.66. The lowest BCUT2D eigenvalue weighted by molar-refractivity contribution is -0.117. The molecule has 33 heavy (non-hydrogen) atoms. The minimum Gasteiger partial charge on any atom is -0.411 e. The van der Waals surface area contributed by atoms with Crippen LogP contribution in [0.2, 0.25) is 0 Å². The number of carbonyl (C=O) groups is 2. The molecular formula is C21H20N4O6S2. The van der Waals surface area contributed by atoms with Gasteiger partial charge in [-0.25, -0.2) is 8.42 Å². The van der Waals surface area contributed by atoms with E-state index in [9.17, 15) is 18.0 Å². The maximum atomic E-state index is 12.9. The first-order valence-electron chi connectivity index (χ1n) is 9.97. The van der Waals surface area contributed by atoms with Crippen molar-refractivity contribution in [2.24, 2.45) is 0 Å². The van der Waals surface area contributed by atoms with Crippen molar-refractivity contribution in [1.29, 1.82) is 0 Å². The number of benzene rings is 2. The van der Waals surface area contributed by atoms with Crippen LogP contribution in [0.4, 0.5) is 0 Å². The maximum absolute atomic E-state index is 12.9. The number of ether oxygens (including phenoxy) is 1. The number of sulfonamides is 1. The van der Waals surface area contributed by atoms with E-state index < -0.39 is 21.8 Å². The zero-order valence-electron chi connectivity index (χ0n) is 17.3. The average Bonchev–Trinajstić information content (AvgIpc) is 3.33. The number of rotatable bonds is 7. The van der Waals surface area contributed by atoms with E-state index in [-0.39, 0.29) is 21.8 Å². The van der Waals surface area contributed by atoms with Gasteiger partial charge in [-0.3, -0.25) is 14.9 Å². The molecule has 2 amide bonds. The first-order valence-corrected chi connectivity index (χ1v) is 12.4. The van der Waals surface area contributed by atoms with Crippen LogP contribution in [0.1, 0.15) is 10.4 Å². The minimum absolute atomic E-state index is 0.105. The van der Waals surface area contributed by atoms with Crippen molar-refractivity contribution in [3.63, 3.8) is 0 Å². The summed E-state index contributed by atoms with van der Waals surface area (Å²) in [6.07, 6.45) is 0. The molecule has 1 aliphatic heterocycles. The normalized spacial score (nSPS) is 14.7. The standard InChI is InChI=1S/C21H20N4O6S2/c26-18(22-19(27)15-5-2-1-3-6-15)14-32-21-24-23-20(31-21)16-7-4-8-17(13-16)33(28,29)25-9-11-30-12-10-25/h1-8,13H,9-12,14H2,(H,22,26,27). The summed E-state index contributed by atoms with van der Waals surface area (Å²) in [6.45, 7) is 1.30. The predicted octanol–water partition coefficient (Wildman–Crippen LogP) is 1.81. The molecule has 1 aliphatic rings. The molecule has 0 bridgehead atoms. The van der Waals surface area contributed by atoms with E-state index in [0.717, 1.165) is 11.8 Å². The van der Waals surface area contributed by atoms with Crippen molar-refractivity contribution in [3.05, 3.63) is 60.2 Å². The topological polar surface area (TPSA) is 132 Å². The predicted molar refractivity (Wildman–Crippen MR) is 119 cm³/mol. The van der Waals surface area contributed by atoms with Gasteiger partial charge in [-0.15, -0.1) is 10.2 Å². The first kappa shape index (κ1) is 23.1. The smallest absolute Gasteiger partial charge is 0.277 e. The fourth-order valence-electron chi connectivity index (χ4n) is 3.06. The summed E-state index contributed by atoms with van der Waals surface area (Å²) >= 11 is 0.969. The molecule has 3 aromatic rings. The van der Waals surface area contributed by atoms with Gasteiger partial charge >= 0.3 is 0 Å². The van der Waals surface area contributed by atoms with Crippen LogP contribution in [0.3, 0.4) is 0 Å². The molecule has 172 valence electrons. The van der Waals surface area contributed by atoms with Gasteiger partial charge in [0.1, 0.15) is 0 Å². The highest BCUT2D eigenvalue weighted by atomic mass is 32.2. The lowest BCUT2D eigenvalue weighted by Crippen LogP contribution is -2.40. The fraction of sp³-hybridized carbons (Fsp3) is 0.238. The number of nitrogens with zero attached hydrogens (tertiary/aromatic N) is 3. The highest BCUT2D eigenvalue weighted by Gasteiger charge is 2.27. The van der Waals surface area contributed by atoms with Crippen molar-refractivity contribution in [2.75, 3.05) is 32.1 Å². The van der Waals surface area contributed by atoms with Gasteiger partial charge in [0, 0.05) is 24.2 Å². The molecule has 10 nitrogen and oxygen atoms in total. The molecule has 0 unspecified atom stereocenters. The summed E-state index contributed by atoms with van der Waals surface area (Å²) in [5, 5.41) is 10.2. The van der Waals surface area contributed by atoms with E-state index in [1.807, 2.05) is 0 Å².